The van der Waals surface area contributed by atoms with Crippen molar-refractivity contribution in [1.29, 1.82) is 0 Å². The lowest BCUT2D eigenvalue weighted by Crippen LogP contribution is -2.06. The van der Waals surface area contributed by atoms with Crippen molar-refractivity contribution in [2.24, 2.45) is 0 Å². The molecular formula is C54H32F2N8. The van der Waals surface area contributed by atoms with E-state index in [4.69, 9.17) is 29.9 Å². The summed E-state index contributed by atoms with van der Waals surface area (Å²) in [6.07, 6.45) is 0. The maximum absolute atomic E-state index is 14.1. The zero-order chi connectivity index (χ0) is 42.7. The fourth-order valence-corrected chi connectivity index (χ4v) is 8.74. The molecule has 0 bridgehead atoms. The van der Waals surface area contributed by atoms with E-state index in [1.165, 1.54) is 24.3 Å². The minimum absolute atomic E-state index is 0.339. The Bertz CT molecular complexity index is 3490. The summed E-state index contributed by atoms with van der Waals surface area (Å²) in [5.74, 6) is 2.06. The van der Waals surface area contributed by atoms with E-state index < -0.39 is 0 Å². The van der Waals surface area contributed by atoms with Crippen LogP contribution in [-0.2, 0) is 0 Å². The monoisotopic (exact) mass is 830 g/mol. The van der Waals surface area contributed by atoms with E-state index in [1.54, 1.807) is 24.3 Å². The molecule has 302 valence electrons. The van der Waals surface area contributed by atoms with Gasteiger partial charge in [-0.1, -0.05) is 121 Å². The zero-order valence-corrected chi connectivity index (χ0v) is 33.8. The first kappa shape index (κ1) is 37.0. The Hall–Kier alpha value is -8.76. The van der Waals surface area contributed by atoms with Gasteiger partial charge >= 0.3 is 0 Å². The Balaban J connectivity index is 1.11. The molecule has 64 heavy (non-hydrogen) atoms. The smallest absolute Gasteiger partial charge is 0.238 e. The average molecular weight is 831 g/mol. The molecule has 0 radical (unpaired) electrons. The minimum atomic E-state index is -0.339. The molecule has 0 spiro atoms. The predicted octanol–water partition coefficient (Wildman–Crippen LogP) is 12.9. The molecule has 0 saturated heterocycles. The molecule has 0 amide bonds. The Morgan fingerprint density at radius 2 is 0.609 bits per heavy atom. The highest BCUT2D eigenvalue weighted by atomic mass is 19.1. The van der Waals surface area contributed by atoms with Crippen LogP contribution < -0.4 is 0 Å². The molecular weight excluding hydrogens is 799 g/mol. The number of hydrogen-bond acceptors (Lipinski definition) is 6. The summed E-state index contributed by atoms with van der Waals surface area (Å²) in [6.45, 7) is 0. The first-order valence-electron chi connectivity index (χ1n) is 20.8. The Morgan fingerprint density at radius 1 is 0.281 bits per heavy atom. The van der Waals surface area contributed by atoms with Crippen molar-refractivity contribution in [3.8, 4) is 68.6 Å². The third-order valence-electron chi connectivity index (χ3n) is 11.6. The molecule has 0 unspecified atom stereocenters. The van der Waals surface area contributed by atoms with Crippen molar-refractivity contribution in [2.75, 3.05) is 0 Å². The fraction of sp³-hybridized carbons (Fsp3) is 0. The topological polar surface area (TPSA) is 87.2 Å². The molecule has 8 nitrogen and oxygen atoms in total. The molecule has 0 N–H and O–H groups in total. The second-order valence-corrected chi connectivity index (χ2v) is 15.4. The lowest BCUT2D eigenvalue weighted by Gasteiger charge is -2.12. The van der Waals surface area contributed by atoms with Gasteiger partial charge in [0.2, 0.25) is 11.9 Å². The van der Waals surface area contributed by atoms with Crippen molar-refractivity contribution in [3.63, 3.8) is 0 Å². The molecule has 0 aliphatic rings. The Kier molecular flexibility index (Phi) is 8.68. The number of aromatic nitrogens is 8. The quantitative estimate of drug-likeness (QED) is 0.159. The zero-order valence-electron chi connectivity index (χ0n) is 33.8. The maximum atomic E-state index is 14.1. The molecule has 12 rings (SSSR count). The van der Waals surface area contributed by atoms with Crippen LogP contribution in [0.1, 0.15) is 0 Å². The summed E-state index contributed by atoms with van der Waals surface area (Å²) in [6, 6.07) is 61.2. The standard InChI is InChI=1S/C54H32F2N8/c55-37-29-25-35(26-30-37)51-57-49(33-13-3-1-4-14-33)59-53(61-51)63-43-21-9-7-17-41(43)47-39(19-11-23-45(47)63)40-20-12-24-46-48(40)42-18-8-10-22-44(42)64(46)54-60-50(34-15-5-2-6-16-34)58-52(62-54)36-27-31-38(56)32-28-36/h1-32H. The van der Waals surface area contributed by atoms with Gasteiger partial charge in [0.1, 0.15) is 11.6 Å². The van der Waals surface area contributed by atoms with Crippen molar-refractivity contribution >= 4 is 43.6 Å². The SMILES string of the molecule is Fc1ccc(-c2nc(-c3ccccc3)nc(-n3c4ccccc4c4c(-c5cccc6c5c5ccccc5n6-c5nc(-c6ccccc6)nc(-c6ccc(F)cc6)n5)cccc43)n2)cc1. The number of benzene rings is 8. The molecule has 0 aliphatic carbocycles. The number of rotatable bonds is 7. The number of halogens is 2. The second-order valence-electron chi connectivity index (χ2n) is 15.4. The summed E-state index contributed by atoms with van der Waals surface area (Å²) in [5.41, 5.74) is 8.69. The first-order valence-corrected chi connectivity index (χ1v) is 20.8. The maximum Gasteiger partial charge on any atom is 0.238 e. The van der Waals surface area contributed by atoms with Crippen molar-refractivity contribution < 1.29 is 8.78 Å². The van der Waals surface area contributed by atoms with Crippen LogP contribution in [0.3, 0.4) is 0 Å². The van der Waals surface area contributed by atoms with E-state index >= 15 is 0 Å². The molecule has 12 aromatic rings. The third-order valence-corrected chi connectivity index (χ3v) is 11.6. The van der Waals surface area contributed by atoms with Gasteiger partial charge in [-0.3, -0.25) is 9.13 Å². The second kappa shape index (κ2) is 15.0. The molecule has 4 aromatic heterocycles. The van der Waals surface area contributed by atoms with Crippen molar-refractivity contribution in [1.82, 2.24) is 39.0 Å². The lowest BCUT2D eigenvalue weighted by molar-refractivity contribution is 0.627. The van der Waals surface area contributed by atoms with Crippen molar-refractivity contribution in [2.45, 2.75) is 0 Å². The number of nitrogens with zero attached hydrogens (tertiary/aromatic N) is 8. The highest BCUT2D eigenvalue weighted by molar-refractivity contribution is 6.22. The summed E-state index contributed by atoms with van der Waals surface area (Å²) < 4.78 is 32.5. The van der Waals surface area contributed by atoms with Gasteiger partial charge in [0.25, 0.3) is 0 Å². The van der Waals surface area contributed by atoms with Crippen LogP contribution in [0.5, 0.6) is 0 Å². The molecule has 0 atom stereocenters. The largest absolute Gasteiger partial charge is 0.278 e. The van der Waals surface area contributed by atoms with Crippen LogP contribution in [0, 0.1) is 11.6 Å². The summed E-state index contributed by atoms with van der Waals surface area (Å²) >= 11 is 0. The summed E-state index contributed by atoms with van der Waals surface area (Å²) in [5, 5.41) is 4.09. The predicted molar refractivity (Wildman–Crippen MR) is 249 cm³/mol. The number of hydrogen-bond donors (Lipinski definition) is 0. The normalized spacial score (nSPS) is 11.6. The van der Waals surface area contributed by atoms with Gasteiger partial charge in [-0.15, -0.1) is 0 Å². The molecule has 10 heteroatoms. The van der Waals surface area contributed by atoms with E-state index in [9.17, 15) is 8.78 Å². The molecule has 4 heterocycles. The van der Waals surface area contributed by atoms with Gasteiger partial charge in [0.05, 0.1) is 22.1 Å². The van der Waals surface area contributed by atoms with E-state index in [0.29, 0.717) is 46.3 Å². The van der Waals surface area contributed by atoms with Gasteiger partial charge in [0, 0.05) is 43.8 Å². The number of fused-ring (bicyclic) bond motifs is 6. The van der Waals surface area contributed by atoms with Crippen LogP contribution >= 0.6 is 0 Å². The Morgan fingerprint density at radius 3 is 1.00 bits per heavy atom. The molecule has 8 aromatic carbocycles. The van der Waals surface area contributed by atoms with Crippen LogP contribution in [-0.4, -0.2) is 39.0 Å². The van der Waals surface area contributed by atoms with Crippen LogP contribution in [0.15, 0.2) is 194 Å². The van der Waals surface area contributed by atoms with Crippen molar-refractivity contribution in [3.05, 3.63) is 206 Å². The summed E-state index contributed by atoms with van der Waals surface area (Å²) in [4.78, 5) is 30.1. The van der Waals surface area contributed by atoms with Gasteiger partial charge in [-0.05, 0) is 83.9 Å². The van der Waals surface area contributed by atoms with Gasteiger partial charge in [-0.25, -0.2) is 18.7 Å². The average Bonchev–Trinajstić information content (AvgIpc) is 3.88. The Labute approximate surface area is 364 Å². The highest BCUT2D eigenvalue weighted by Gasteiger charge is 2.24. The lowest BCUT2D eigenvalue weighted by atomic mass is 9.95. The molecule has 0 saturated carbocycles. The first-order chi connectivity index (χ1) is 31.6. The molecule has 0 aliphatic heterocycles. The van der Waals surface area contributed by atoms with Crippen LogP contribution in [0.4, 0.5) is 8.78 Å². The van der Waals surface area contributed by atoms with E-state index in [2.05, 4.69) is 69.8 Å². The van der Waals surface area contributed by atoms with E-state index in [-0.39, 0.29) is 11.6 Å². The van der Waals surface area contributed by atoms with E-state index in [0.717, 1.165) is 65.9 Å². The minimum Gasteiger partial charge on any atom is -0.278 e. The van der Waals surface area contributed by atoms with Gasteiger partial charge in [-0.2, -0.15) is 19.9 Å². The van der Waals surface area contributed by atoms with Gasteiger partial charge < -0.3 is 0 Å². The fourth-order valence-electron chi connectivity index (χ4n) is 8.74. The summed E-state index contributed by atoms with van der Waals surface area (Å²) in [7, 11) is 0. The molecule has 0 fully saturated rings. The van der Waals surface area contributed by atoms with Gasteiger partial charge in [0.15, 0.2) is 23.3 Å². The van der Waals surface area contributed by atoms with Crippen LogP contribution in [0.25, 0.3) is 112 Å². The third kappa shape index (κ3) is 6.19. The van der Waals surface area contributed by atoms with Crippen LogP contribution in [0.2, 0.25) is 0 Å². The van der Waals surface area contributed by atoms with E-state index in [1.807, 2.05) is 84.9 Å². The highest BCUT2D eigenvalue weighted by Crippen LogP contribution is 2.44. The number of para-hydroxylation sites is 2.